The maximum absolute atomic E-state index is 13.5. The van der Waals surface area contributed by atoms with Gasteiger partial charge >= 0.3 is 18.3 Å². The van der Waals surface area contributed by atoms with Gasteiger partial charge in [0.1, 0.15) is 111 Å². The smallest absolute Gasteiger partial charge is 0.408 e. The summed E-state index contributed by atoms with van der Waals surface area (Å²) in [5.41, 5.74) is 38.4. The molecule has 2 saturated carbocycles. The molecule has 8 aliphatic rings. The first-order valence-corrected chi connectivity index (χ1v) is 41.2. The van der Waals surface area contributed by atoms with Gasteiger partial charge in [0.25, 0.3) is 0 Å². The maximum Gasteiger partial charge on any atom is 0.408 e. The molecule has 39 nitrogen and oxygen atoms in total. The van der Waals surface area contributed by atoms with Crippen LogP contribution in [-0.2, 0) is 100 Å². The number of nitrogens with two attached hydrogens (primary N) is 6. The highest BCUT2D eigenvalue weighted by molar-refractivity contribution is 5.81. The molecule has 3 aromatic carbocycles. The van der Waals surface area contributed by atoms with E-state index in [0.29, 0.717) is 38.5 Å². The standard InChI is InChI=1S/C54H70N4O17.C27H53N7O11/c1-4-36-21-23-38(57-53(65)68-30-34-17-11-7-12-18-34)49(70-36)73-45-32(3)27-40(56-48(63)41(60)25-26-55-52(64)67-29-33-15-9-6-10-16-33)43(61)47(45)75-51-44(62)46(42(28-59)72-51)74-50-39(24-22-37(5-2)71-50)58-54(66)69-31-35-19-13-8-14-20-35;28-6-5-17(36)24(39)34-16-7-15(33)21(43-25-13(31)3-1-11(8-29)40-25)23(19(16)37)45-27-20(38)22(18(10-35)42-27)44-26-14(32)4-2-12(9-30)41-26/h6-24,32,36-47,49-51,59-62H,4-5,25-31H2,1-3H3,(H,55,64)(H,56,63)(H,57,65)(H,58,66);11-23,25-27,35-38H,1-10,28-33H2,(H,34,39)/t32-,36+,37+,38+,39+,40+,41-,42+,43-,44+,45+,46+,47+,49+,50+,51-;11-,12-,13+,14+,15-,16+,17-,18+,19-,20+,21+,22+,23+,25+,26+,27-/m00/s1. The summed E-state index contributed by atoms with van der Waals surface area (Å²) in [6.45, 7) is 4.87. The van der Waals surface area contributed by atoms with Crippen molar-refractivity contribution >= 4 is 30.1 Å². The first-order valence-electron chi connectivity index (χ1n) is 41.2. The average molecular weight is 1700 g/mol. The Morgan fingerprint density at radius 1 is 0.442 bits per heavy atom. The molecule has 6 heterocycles. The molecular weight excluding hydrogens is 1570 g/mol. The number of alkyl carbamates (subject to hydrolysis) is 3. The Morgan fingerprint density at radius 2 is 0.833 bits per heavy atom. The van der Waals surface area contributed by atoms with E-state index in [9.17, 15) is 64.8 Å². The molecule has 6 aliphatic heterocycles. The molecule has 25 N–H and O–H groups in total. The summed E-state index contributed by atoms with van der Waals surface area (Å²) < 4.78 is 90.4. The first kappa shape index (κ1) is 95.1. The molecular formula is C81H123N11O28. The molecule has 0 aromatic heterocycles. The molecule has 39 heteroatoms. The van der Waals surface area contributed by atoms with Gasteiger partial charge in [0.2, 0.25) is 11.8 Å². The minimum atomic E-state index is -1.65. The number of nitrogens with one attached hydrogen (secondary N) is 5. The summed E-state index contributed by atoms with van der Waals surface area (Å²) in [6, 6.07) is 21.6. The Bertz CT molecular complexity index is 3660. The van der Waals surface area contributed by atoms with E-state index >= 15 is 0 Å². The quantitative estimate of drug-likeness (QED) is 0.0220. The zero-order valence-corrected chi connectivity index (χ0v) is 67.6. The highest BCUT2D eigenvalue weighted by Gasteiger charge is 2.56. The zero-order chi connectivity index (χ0) is 86.1. The lowest BCUT2D eigenvalue weighted by atomic mass is 9.80. The summed E-state index contributed by atoms with van der Waals surface area (Å²) >= 11 is 0. The van der Waals surface area contributed by atoms with E-state index in [4.69, 9.17) is 105 Å². The predicted molar refractivity (Wildman–Crippen MR) is 423 cm³/mol. The molecule has 32 atom stereocenters. The predicted octanol–water partition coefficient (Wildman–Crippen LogP) is -2.16. The molecule has 5 amide bonds. The van der Waals surface area contributed by atoms with Gasteiger partial charge in [0.05, 0.1) is 67.9 Å². The van der Waals surface area contributed by atoms with Crippen LogP contribution < -0.4 is 61.0 Å². The van der Waals surface area contributed by atoms with Gasteiger partial charge in [0, 0.05) is 25.7 Å². The molecule has 120 heavy (non-hydrogen) atoms. The second-order valence-corrected chi connectivity index (χ2v) is 31.1. The molecule has 0 radical (unpaired) electrons. The molecule has 6 fully saturated rings. The lowest BCUT2D eigenvalue weighted by molar-refractivity contribution is -0.288. The van der Waals surface area contributed by atoms with Crippen LogP contribution in [0.25, 0.3) is 0 Å². The first-order chi connectivity index (χ1) is 57.8. The van der Waals surface area contributed by atoms with Crippen LogP contribution in [0.4, 0.5) is 14.4 Å². The van der Waals surface area contributed by atoms with E-state index < -0.39 is 227 Å². The largest absolute Gasteiger partial charge is 0.445 e. The molecule has 11 rings (SSSR count). The summed E-state index contributed by atoms with van der Waals surface area (Å²) in [5.74, 6) is -2.16. The van der Waals surface area contributed by atoms with Gasteiger partial charge < -0.3 is 173 Å². The number of carbonyl (C=O) groups excluding carboxylic acids is 5. The molecule has 3 aromatic rings. The van der Waals surface area contributed by atoms with E-state index in [2.05, 4.69) is 26.6 Å². The number of hydrogen-bond acceptors (Lipinski definition) is 34. The minimum absolute atomic E-state index is 0.00106. The van der Waals surface area contributed by atoms with E-state index in [1.165, 1.54) is 0 Å². The van der Waals surface area contributed by atoms with Crippen LogP contribution in [0.15, 0.2) is 115 Å². The van der Waals surface area contributed by atoms with Crippen molar-refractivity contribution < 1.29 is 136 Å². The second-order valence-electron chi connectivity index (χ2n) is 31.1. The normalized spacial score (nSPS) is 36.0. The number of amides is 5. The van der Waals surface area contributed by atoms with Crippen molar-refractivity contribution in [3.8, 4) is 0 Å². The van der Waals surface area contributed by atoms with Gasteiger partial charge in [-0.05, 0) is 93.4 Å². The van der Waals surface area contributed by atoms with Crippen LogP contribution in [-0.4, -0.2) is 300 Å². The molecule has 0 bridgehead atoms. The van der Waals surface area contributed by atoms with Crippen molar-refractivity contribution in [3.63, 3.8) is 0 Å². The van der Waals surface area contributed by atoms with Crippen molar-refractivity contribution in [2.24, 2.45) is 40.3 Å². The van der Waals surface area contributed by atoms with Gasteiger partial charge in [-0.3, -0.25) is 9.59 Å². The fourth-order valence-corrected chi connectivity index (χ4v) is 15.3. The third-order valence-electron chi connectivity index (χ3n) is 22.2. The van der Waals surface area contributed by atoms with Crippen molar-refractivity contribution in [3.05, 3.63) is 132 Å². The highest BCUT2D eigenvalue weighted by Crippen LogP contribution is 2.39. The number of ether oxygens (including phenoxy) is 15. The number of aliphatic hydroxyl groups excluding tert-OH is 8. The van der Waals surface area contributed by atoms with Crippen LogP contribution in [0.2, 0.25) is 0 Å². The topological polar surface area (TPSA) is 602 Å². The molecule has 4 saturated heterocycles. The van der Waals surface area contributed by atoms with Crippen molar-refractivity contribution in [1.29, 1.82) is 0 Å². The summed E-state index contributed by atoms with van der Waals surface area (Å²) in [5, 5.41) is 102. The van der Waals surface area contributed by atoms with Gasteiger partial charge in [-0.2, -0.15) is 0 Å². The van der Waals surface area contributed by atoms with Crippen LogP contribution in [0.1, 0.15) is 102 Å². The summed E-state index contributed by atoms with van der Waals surface area (Å²) in [6.07, 6.45) is -19.3. The van der Waals surface area contributed by atoms with Crippen molar-refractivity contribution in [2.45, 2.75) is 295 Å². The van der Waals surface area contributed by atoms with Gasteiger partial charge in [-0.15, -0.1) is 0 Å². The average Bonchev–Trinajstić information content (AvgIpc) is 1.16. The summed E-state index contributed by atoms with van der Waals surface area (Å²) in [4.78, 5) is 64.7. The van der Waals surface area contributed by atoms with E-state index in [0.717, 1.165) is 16.7 Å². The monoisotopic (exact) mass is 1700 g/mol. The highest BCUT2D eigenvalue weighted by atomic mass is 16.8. The fraction of sp³-hybridized carbons (Fsp3) is 0.667. The van der Waals surface area contributed by atoms with Crippen LogP contribution in [0, 0.1) is 5.92 Å². The Labute approximate surface area is 696 Å². The minimum Gasteiger partial charge on any atom is -0.445 e. The number of hydrogen-bond donors (Lipinski definition) is 19. The Hall–Kier alpha value is -7.15. The van der Waals surface area contributed by atoms with E-state index in [1.807, 2.05) is 92.7 Å². The number of rotatable bonds is 35. The second kappa shape index (κ2) is 47.1. The van der Waals surface area contributed by atoms with E-state index in [1.54, 1.807) is 43.4 Å². The third-order valence-corrected chi connectivity index (χ3v) is 22.2. The van der Waals surface area contributed by atoms with Gasteiger partial charge in [-0.25, -0.2) is 14.4 Å². The Morgan fingerprint density at radius 3 is 1.26 bits per heavy atom. The lowest BCUT2D eigenvalue weighted by Gasteiger charge is -2.46. The third kappa shape index (κ3) is 26.5. The number of aliphatic hydroxyl groups is 8. The van der Waals surface area contributed by atoms with E-state index in [-0.39, 0.29) is 83.9 Å². The molecule has 2 aliphatic carbocycles. The van der Waals surface area contributed by atoms with Gasteiger partial charge in [0.15, 0.2) is 37.7 Å². The fourth-order valence-electron chi connectivity index (χ4n) is 15.3. The molecule has 0 spiro atoms. The Balaban J connectivity index is 0.000000286. The van der Waals surface area contributed by atoms with Crippen LogP contribution in [0.3, 0.4) is 0 Å². The zero-order valence-electron chi connectivity index (χ0n) is 67.6. The molecule has 0 unspecified atom stereocenters. The van der Waals surface area contributed by atoms with Crippen LogP contribution in [0.5, 0.6) is 0 Å². The number of benzene rings is 3. The van der Waals surface area contributed by atoms with Gasteiger partial charge in [-0.1, -0.05) is 136 Å². The van der Waals surface area contributed by atoms with Crippen molar-refractivity contribution in [1.82, 2.24) is 26.6 Å². The SMILES string of the molecule is CC[C@@H]1C=C[C@@H](NC(=O)OCc2ccccc2)[C@@H](O[C@H]2[C@H](O[C@@H]3O[C@H](CO)[C@@H](O[C@H]4O[C@H](CC)C=C[C@H]4NC(=O)OCc4ccccc4)[C@H]3O)[C@@H](O)[C@H](NC(=O)[C@@H](O)CCNC(=O)OCc3ccccc3)C[C@@H]2C)O1.NCC[C@H](O)C(=O)N[C@@H]1C[C@H](N)[C@@H](O[C@H]2O[C@H](CN)CC[C@H]2N)[C@H](O[C@@H]2O[C@H](CO)[C@@H](O[C@H]3O[C@H](CN)CC[C@H]3N)[C@H]2O)[C@H]1O. The molecule has 670 valence electrons. The summed E-state index contributed by atoms with van der Waals surface area (Å²) in [7, 11) is 0. The van der Waals surface area contributed by atoms with Crippen LogP contribution >= 0.6 is 0 Å². The Kier molecular flexibility index (Phi) is 37.3. The maximum atomic E-state index is 13.5. The number of carbonyl (C=O) groups is 5. The van der Waals surface area contributed by atoms with Crippen molar-refractivity contribution in [2.75, 3.05) is 39.4 Å². The lowest BCUT2D eigenvalue weighted by Crippen LogP contribution is -2.67.